The summed E-state index contributed by atoms with van der Waals surface area (Å²) in [5, 5.41) is 45.4. The van der Waals surface area contributed by atoms with Crippen LogP contribution in [0.4, 0.5) is 5.69 Å². The molecule has 19 heteroatoms. The van der Waals surface area contributed by atoms with Gasteiger partial charge < -0.3 is 20.7 Å². The number of carboxylic acid groups (broad SMARTS) is 1. The van der Waals surface area contributed by atoms with Crippen molar-refractivity contribution in [2.45, 2.75) is 16.6 Å². The Morgan fingerprint density at radius 1 is 1.34 bits per heavy atom. The maximum atomic E-state index is 12.9. The number of aromatic hydroxyl groups is 1. The van der Waals surface area contributed by atoms with Crippen molar-refractivity contribution < 1.29 is 38.2 Å². The molecule has 2 aliphatic rings. The Bertz CT molecular complexity index is 1490. The van der Waals surface area contributed by atoms with Crippen molar-refractivity contribution in [2.24, 2.45) is 12.2 Å². The number of phenols is 1. The summed E-state index contributed by atoms with van der Waals surface area (Å²) in [4.78, 5) is 38.9. The summed E-state index contributed by atoms with van der Waals surface area (Å²) in [5.74, 6) is -2.88. The van der Waals surface area contributed by atoms with Crippen LogP contribution in [0.5, 0.6) is 5.75 Å². The lowest BCUT2D eigenvalue weighted by Crippen LogP contribution is -2.71. The predicted molar refractivity (Wildman–Crippen MR) is 134 cm³/mol. The van der Waals surface area contributed by atoms with Gasteiger partial charge in [-0.2, -0.15) is 0 Å². The third-order valence-corrected chi connectivity index (χ3v) is 8.40. The minimum absolute atomic E-state index is 0.0578. The maximum Gasteiger partial charge on any atom is 0.352 e. The number of aryl methyl sites for hydroxylation is 1. The van der Waals surface area contributed by atoms with Gasteiger partial charge in [-0.1, -0.05) is 16.9 Å². The first kappa shape index (κ1) is 27.2. The minimum atomic E-state index is -3.77. The van der Waals surface area contributed by atoms with Gasteiger partial charge in [0.15, 0.2) is 5.71 Å². The number of amides is 2. The zero-order valence-corrected chi connectivity index (χ0v) is 22.0. The number of fused-ring (bicyclic) bond motifs is 1. The van der Waals surface area contributed by atoms with E-state index >= 15 is 0 Å². The van der Waals surface area contributed by atoms with Crippen LogP contribution in [0, 0.1) is 0 Å². The molecule has 2 amide bonds. The fourth-order valence-corrected chi connectivity index (χ4v) is 6.60. The number of carbonyl (C=O) groups excluding carboxylic acids is 2. The molecule has 16 nitrogen and oxygen atoms in total. The summed E-state index contributed by atoms with van der Waals surface area (Å²) in [6.07, 6.45) is 0.861. The van der Waals surface area contributed by atoms with Gasteiger partial charge in [0.1, 0.15) is 22.9 Å². The number of β-lactam (4-membered cyclic amide) rings is 1. The second-order valence-electron chi connectivity index (χ2n) is 8.05. The molecule has 2 aliphatic heterocycles. The normalized spacial score (nSPS) is 19.6. The van der Waals surface area contributed by atoms with Crippen LogP contribution in [-0.2, 0) is 31.5 Å². The summed E-state index contributed by atoms with van der Waals surface area (Å²) in [6.45, 7) is 0. The van der Waals surface area contributed by atoms with E-state index in [1.807, 2.05) is 0 Å². The number of carbonyl (C=O) groups is 3. The Labute approximate surface area is 223 Å². The van der Waals surface area contributed by atoms with Crippen molar-refractivity contribution in [2.75, 3.05) is 22.5 Å². The molecule has 202 valence electrons. The number of tetrazole rings is 1. The molecule has 0 radical (unpaired) electrons. The number of thioether (sulfide) groups is 2. The molecule has 0 spiro atoms. The van der Waals surface area contributed by atoms with Gasteiger partial charge in [0.2, 0.25) is 15.2 Å². The number of benzene rings is 1. The third kappa shape index (κ3) is 5.38. The SMILES string of the molecule is Cn1nnnc1SCC1=C(C(=O)O)N2C(=O)C(NC(=O)C(=NO)c3ccc(O)c(NS(C)(=O)=O)c3)[C@@H]2SC1. The molecule has 0 bridgehead atoms. The highest BCUT2D eigenvalue weighted by atomic mass is 32.2. The standard InChI is InChI=1S/C19H20N8O8S3/c1-26-19(21-24-25-26)37-7-9-6-36-17-13(16(30)27(17)14(9)18(31)32)20-15(29)12(22-33)8-3-4-11(28)10(5-8)23-38(2,34)35/h3-5,13,17,23,28,33H,6-7H2,1-2H3,(H,20,29)(H,31,32)/t13?,17-/m0/s1. The highest BCUT2D eigenvalue weighted by Crippen LogP contribution is 2.41. The van der Waals surface area contributed by atoms with Crippen LogP contribution in [-0.4, -0.2) is 102 Å². The number of sulfonamides is 1. The van der Waals surface area contributed by atoms with Gasteiger partial charge in [0, 0.05) is 24.1 Å². The lowest BCUT2D eigenvalue weighted by molar-refractivity contribution is -0.150. The topological polar surface area (TPSA) is 229 Å². The fourth-order valence-electron chi connectivity index (χ4n) is 3.70. The number of hydrogen-bond donors (Lipinski definition) is 5. The summed E-state index contributed by atoms with van der Waals surface area (Å²) in [5.41, 5.74) is -0.573. The Morgan fingerprint density at radius 3 is 2.68 bits per heavy atom. The van der Waals surface area contributed by atoms with E-state index in [-0.39, 0.29) is 28.5 Å². The highest BCUT2D eigenvalue weighted by molar-refractivity contribution is 8.01. The molecule has 1 unspecified atom stereocenters. The largest absolute Gasteiger partial charge is 0.506 e. The molecule has 38 heavy (non-hydrogen) atoms. The van der Waals surface area contributed by atoms with Gasteiger partial charge >= 0.3 is 5.97 Å². The number of hydrogen-bond acceptors (Lipinski definition) is 13. The monoisotopic (exact) mass is 584 g/mol. The summed E-state index contributed by atoms with van der Waals surface area (Å²) in [6, 6.07) is 2.27. The Balaban J connectivity index is 1.50. The molecule has 5 N–H and O–H groups in total. The second-order valence-corrected chi connectivity index (χ2v) is 11.8. The molecule has 1 fully saturated rings. The molecule has 2 aromatic rings. The van der Waals surface area contributed by atoms with Gasteiger partial charge in [-0.15, -0.1) is 16.9 Å². The van der Waals surface area contributed by atoms with E-state index < -0.39 is 50.7 Å². The number of phenolic OH excluding ortho intramolecular Hbond substituents is 1. The molecule has 1 aromatic heterocycles. The number of aromatic nitrogens is 4. The number of nitrogens with zero attached hydrogens (tertiary/aromatic N) is 6. The van der Waals surface area contributed by atoms with E-state index in [1.54, 1.807) is 7.05 Å². The predicted octanol–water partition coefficient (Wildman–Crippen LogP) is -1.00. The van der Waals surface area contributed by atoms with Gasteiger partial charge in [-0.25, -0.2) is 17.9 Å². The molecule has 4 rings (SSSR count). The molecule has 2 atom stereocenters. The highest BCUT2D eigenvalue weighted by Gasteiger charge is 2.54. The Morgan fingerprint density at radius 2 is 2.08 bits per heavy atom. The van der Waals surface area contributed by atoms with Crippen LogP contribution in [0.25, 0.3) is 0 Å². The van der Waals surface area contributed by atoms with Crippen LogP contribution in [0.15, 0.2) is 39.8 Å². The van der Waals surface area contributed by atoms with Crippen LogP contribution < -0.4 is 10.0 Å². The first-order valence-corrected chi connectivity index (χ1v) is 14.4. The van der Waals surface area contributed by atoms with E-state index in [0.29, 0.717) is 10.7 Å². The van der Waals surface area contributed by atoms with Gasteiger partial charge in [0.05, 0.1) is 11.9 Å². The third-order valence-electron chi connectivity index (χ3n) is 5.37. The van der Waals surface area contributed by atoms with Gasteiger partial charge in [-0.05, 0) is 34.2 Å². The Hall–Kier alpha value is -3.84. The lowest BCUT2D eigenvalue weighted by Gasteiger charge is -2.49. The molecule has 0 saturated carbocycles. The molecule has 0 aliphatic carbocycles. The molecular weight excluding hydrogens is 564 g/mol. The number of rotatable bonds is 9. The number of anilines is 1. The number of aliphatic carboxylic acids is 1. The smallest absolute Gasteiger partial charge is 0.352 e. The average molecular weight is 585 g/mol. The first-order valence-electron chi connectivity index (χ1n) is 10.5. The number of nitrogens with one attached hydrogen (secondary N) is 2. The van der Waals surface area contributed by atoms with E-state index in [4.69, 9.17) is 0 Å². The van der Waals surface area contributed by atoms with E-state index in [2.05, 4.69) is 30.7 Å². The van der Waals surface area contributed by atoms with Crippen LogP contribution >= 0.6 is 23.5 Å². The van der Waals surface area contributed by atoms with E-state index in [0.717, 1.165) is 23.3 Å². The zero-order valence-electron chi connectivity index (χ0n) is 19.6. The van der Waals surface area contributed by atoms with E-state index in [9.17, 15) is 38.2 Å². The van der Waals surface area contributed by atoms with Crippen molar-refractivity contribution in [3.05, 3.63) is 35.0 Å². The maximum absolute atomic E-state index is 12.9. The summed E-state index contributed by atoms with van der Waals surface area (Å²) in [7, 11) is -2.13. The first-order chi connectivity index (χ1) is 17.9. The molecule has 3 heterocycles. The molecule has 1 saturated heterocycles. The lowest BCUT2D eigenvalue weighted by atomic mass is 10.0. The van der Waals surface area contributed by atoms with E-state index in [1.165, 1.54) is 34.3 Å². The van der Waals surface area contributed by atoms with Crippen molar-refractivity contribution in [1.82, 2.24) is 30.4 Å². The van der Waals surface area contributed by atoms with Crippen LogP contribution in [0.3, 0.4) is 0 Å². The van der Waals surface area contributed by atoms with Crippen molar-refractivity contribution in [1.29, 1.82) is 0 Å². The van der Waals surface area contributed by atoms with Crippen molar-refractivity contribution in [3.63, 3.8) is 0 Å². The Kier molecular flexibility index (Phi) is 7.51. The zero-order chi connectivity index (χ0) is 27.8. The quantitative estimate of drug-likeness (QED) is 0.0595. The minimum Gasteiger partial charge on any atom is -0.506 e. The van der Waals surface area contributed by atoms with Gasteiger partial charge in [0.25, 0.3) is 11.8 Å². The van der Waals surface area contributed by atoms with Crippen LogP contribution in [0.1, 0.15) is 5.56 Å². The fraction of sp³-hybridized carbons (Fsp3) is 0.316. The van der Waals surface area contributed by atoms with Crippen molar-refractivity contribution in [3.8, 4) is 5.75 Å². The van der Waals surface area contributed by atoms with Crippen molar-refractivity contribution >= 4 is 62.7 Å². The average Bonchev–Trinajstić information content (AvgIpc) is 3.26. The molecular formula is C19H20N8O8S3. The second kappa shape index (κ2) is 10.5. The molecule has 1 aromatic carbocycles. The van der Waals surface area contributed by atoms with Crippen LogP contribution in [0.2, 0.25) is 0 Å². The summed E-state index contributed by atoms with van der Waals surface area (Å²) >= 11 is 2.46. The number of oxime groups is 1. The number of carboxylic acids is 1. The van der Waals surface area contributed by atoms with Gasteiger partial charge in [-0.3, -0.25) is 19.2 Å². The summed E-state index contributed by atoms with van der Waals surface area (Å²) < 4.78 is 26.6.